The first kappa shape index (κ1) is 21.2. The van der Waals surface area contributed by atoms with Gasteiger partial charge in [0.1, 0.15) is 11.5 Å². The van der Waals surface area contributed by atoms with E-state index in [1.54, 1.807) is 30.0 Å². The van der Waals surface area contributed by atoms with Crippen molar-refractivity contribution in [2.24, 2.45) is 0 Å². The Morgan fingerprint density at radius 1 is 1.00 bits per heavy atom. The second kappa shape index (κ2) is 8.97. The predicted molar refractivity (Wildman–Crippen MR) is 113 cm³/mol. The summed E-state index contributed by atoms with van der Waals surface area (Å²) in [4.78, 5) is 43.3. The molecule has 4 rings (SSSR count). The number of amides is 2. The van der Waals surface area contributed by atoms with E-state index in [2.05, 4.69) is 5.10 Å². The van der Waals surface area contributed by atoms with Crippen LogP contribution in [0.5, 0.6) is 0 Å². The van der Waals surface area contributed by atoms with Crippen molar-refractivity contribution in [2.45, 2.75) is 19.8 Å². The molecular weight excluding hydrogens is 401 g/mol. The Hall–Kier alpha value is -3.07. The molecule has 2 aromatic rings. The Labute approximate surface area is 179 Å². The number of aromatic nitrogens is 2. The molecule has 0 unspecified atom stereocenters. The lowest BCUT2D eigenvalue weighted by molar-refractivity contribution is -0.131. The lowest BCUT2D eigenvalue weighted by Crippen LogP contribution is -2.52. The Kier molecular flexibility index (Phi) is 6.13. The fourth-order valence-electron chi connectivity index (χ4n) is 4.08. The van der Waals surface area contributed by atoms with Crippen molar-refractivity contribution in [3.8, 4) is 5.69 Å². The van der Waals surface area contributed by atoms with Crippen LogP contribution >= 0.6 is 0 Å². The average molecular weight is 427 g/mol. The number of likely N-dealkylation sites (tertiary alicyclic amines) is 1. The third kappa shape index (κ3) is 4.51. The minimum absolute atomic E-state index is 0.130. The zero-order chi connectivity index (χ0) is 22.0. The van der Waals surface area contributed by atoms with Crippen molar-refractivity contribution in [2.75, 3.05) is 45.8 Å². The molecular formula is C22H26FN5O3. The summed E-state index contributed by atoms with van der Waals surface area (Å²) in [5.41, 5.74) is -0.0895. The maximum Gasteiger partial charge on any atom is 0.278 e. The van der Waals surface area contributed by atoms with Crippen molar-refractivity contribution in [1.29, 1.82) is 0 Å². The van der Waals surface area contributed by atoms with Crippen LogP contribution in [-0.2, 0) is 4.79 Å². The average Bonchev–Trinajstić information content (AvgIpc) is 3.30. The smallest absolute Gasteiger partial charge is 0.278 e. The number of benzene rings is 1. The van der Waals surface area contributed by atoms with Gasteiger partial charge in [-0.3, -0.25) is 19.3 Å². The van der Waals surface area contributed by atoms with Gasteiger partial charge in [0.25, 0.3) is 5.91 Å². The number of aryl methyl sites for hydroxylation is 1. The second-order valence-corrected chi connectivity index (χ2v) is 8.02. The van der Waals surface area contributed by atoms with Crippen LogP contribution in [0.4, 0.5) is 4.39 Å². The van der Waals surface area contributed by atoms with Gasteiger partial charge in [0.15, 0.2) is 5.69 Å². The summed E-state index contributed by atoms with van der Waals surface area (Å²) in [6.45, 7) is 5.56. The fraction of sp³-hybridized carbons (Fsp3) is 0.455. The standard InChI is InChI=1S/C22H26FN5O3/c1-16-14-19(29)21(24-28(16)18-7-3-2-6-17(18)23)22(31)27-12-10-25(11-13-27)15-20(30)26-8-4-5-9-26/h2-3,6-7,14H,4-5,8-13,15H2,1H3. The molecule has 2 amide bonds. The number of carbonyl (C=O) groups excluding carboxylic acids is 2. The Morgan fingerprint density at radius 3 is 2.35 bits per heavy atom. The molecule has 2 fully saturated rings. The number of para-hydroxylation sites is 1. The molecule has 0 saturated carbocycles. The summed E-state index contributed by atoms with van der Waals surface area (Å²) in [5.74, 6) is -0.831. The zero-order valence-electron chi connectivity index (χ0n) is 17.6. The summed E-state index contributed by atoms with van der Waals surface area (Å²) in [6.07, 6.45) is 2.12. The van der Waals surface area contributed by atoms with Crippen LogP contribution < -0.4 is 5.43 Å². The van der Waals surface area contributed by atoms with Crippen molar-refractivity contribution in [3.63, 3.8) is 0 Å². The molecule has 31 heavy (non-hydrogen) atoms. The first-order valence-corrected chi connectivity index (χ1v) is 10.6. The van der Waals surface area contributed by atoms with Crippen LogP contribution in [0.15, 0.2) is 35.1 Å². The molecule has 0 spiro atoms. The van der Waals surface area contributed by atoms with Gasteiger partial charge in [-0.15, -0.1) is 0 Å². The lowest BCUT2D eigenvalue weighted by Gasteiger charge is -2.34. The van der Waals surface area contributed by atoms with Gasteiger partial charge in [-0.05, 0) is 31.9 Å². The van der Waals surface area contributed by atoms with Gasteiger partial charge in [0.2, 0.25) is 11.3 Å². The van der Waals surface area contributed by atoms with E-state index >= 15 is 0 Å². The maximum absolute atomic E-state index is 14.2. The molecule has 0 N–H and O–H groups in total. The highest BCUT2D eigenvalue weighted by molar-refractivity contribution is 5.92. The van der Waals surface area contributed by atoms with E-state index in [4.69, 9.17) is 0 Å². The third-order valence-electron chi connectivity index (χ3n) is 5.87. The molecule has 1 aromatic carbocycles. The molecule has 164 valence electrons. The van der Waals surface area contributed by atoms with Gasteiger partial charge in [-0.1, -0.05) is 12.1 Å². The van der Waals surface area contributed by atoms with Crippen molar-refractivity contribution in [1.82, 2.24) is 24.5 Å². The van der Waals surface area contributed by atoms with E-state index in [1.165, 1.54) is 16.8 Å². The first-order valence-electron chi connectivity index (χ1n) is 10.6. The largest absolute Gasteiger partial charge is 0.342 e. The molecule has 9 heteroatoms. The number of nitrogens with zero attached hydrogens (tertiary/aromatic N) is 5. The molecule has 0 aliphatic carbocycles. The Morgan fingerprint density at radius 2 is 1.68 bits per heavy atom. The lowest BCUT2D eigenvalue weighted by atomic mass is 10.2. The summed E-state index contributed by atoms with van der Waals surface area (Å²) >= 11 is 0. The highest BCUT2D eigenvalue weighted by Gasteiger charge is 2.28. The minimum Gasteiger partial charge on any atom is -0.342 e. The van der Waals surface area contributed by atoms with E-state index in [0.717, 1.165) is 25.9 Å². The summed E-state index contributed by atoms with van der Waals surface area (Å²) < 4.78 is 15.5. The highest BCUT2D eigenvalue weighted by atomic mass is 19.1. The summed E-state index contributed by atoms with van der Waals surface area (Å²) in [7, 11) is 0. The Balaban J connectivity index is 1.45. The van der Waals surface area contributed by atoms with Gasteiger partial charge in [0.05, 0.1) is 6.54 Å². The van der Waals surface area contributed by atoms with Crippen molar-refractivity contribution in [3.05, 3.63) is 57.8 Å². The number of rotatable bonds is 4. The number of carbonyl (C=O) groups is 2. The van der Waals surface area contributed by atoms with Crippen molar-refractivity contribution >= 4 is 11.8 Å². The van der Waals surface area contributed by atoms with E-state index in [0.29, 0.717) is 38.4 Å². The fourth-order valence-corrected chi connectivity index (χ4v) is 4.08. The molecule has 2 aliphatic heterocycles. The maximum atomic E-state index is 14.2. The van der Waals surface area contributed by atoms with Crippen molar-refractivity contribution < 1.29 is 14.0 Å². The van der Waals surface area contributed by atoms with Gasteiger partial charge in [-0.2, -0.15) is 5.10 Å². The third-order valence-corrected chi connectivity index (χ3v) is 5.87. The molecule has 2 saturated heterocycles. The molecule has 3 heterocycles. The highest BCUT2D eigenvalue weighted by Crippen LogP contribution is 2.14. The quantitative estimate of drug-likeness (QED) is 0.729. The predicted octanol–water partition coefficient (Wildman–Crippen LogP) is 1.06. The number of hydrogen-bond acceptors (Lipinski definition) is 5. The van der Waals surface area contributed by atoms with Crippen LogP contribution in [0.1, 0.15) is 29.0 Å². The molecule has 1 aromatic heterocycles. The van der Waals surface area contributed by atoms with E-state index in [9.17, 15) is 18.8 Å². The van der Waals surface area contributed by atoms with Gasteiger partial charge in [0, 0.05) is 51.0 Å². The van der Waals surface area contributed by atoms with Crippen LogP contribution in [0.2, 0.25) is 0 Å². The van der Waals surface area contributed by atoms with E-state index < -0.39 is 17.2 Å². The minimum atomic E-state index is -0.489. The van der Waals surface area contributed by atoms with Crippen LogP contribution in [-0.4, -0.2) is 82.1 Å². The number of halogens is 1. The topological polar surface area (TPSA) is 78.8 Å². The van der Waals surface area contributed by atoms with Crippen LogP contribution in [0, 0.1) is 12.7 Å². The van der Waals surface area contributed by atoms with Crippen LogP contribution in [0.3, 0.4) is 0 Å². The second-order valence-electron chi connectivity index (χ2n) is 8.02. The molecule has 0 atom stereocenters. The van der Waals surface area contributed by atoms with E-state index in [1.807, 2.05) is 9.80 Å². The first-order chi connectivity index (χ1) is 14.9. The van der Waals surface area contributed by atoms with Crippen LogP contribution in [0.25, 0.3) is 5.69 Å². The molecule has 8 nitrogen and oxygen atoms in total. The molecule has 2 aliphatic rings. The number of piperazine rings is 1. The van der Waals surface area contributed by atoms with Gasteiger partial charge < -0.3 is 9.80 Å². The summed E-state index contributed by atoms with van der Waals surface area (Å²) in [6, 6.07) is 7.39. The molecule has 0 bridgehead atoms. The SMILES string of the molecule is Cc1cc(=O)c(C(=O)N2CCN(CC(=O)N3CCCC3)CC2)nn1-c1ccccc1F. The normalized spacial score (nSPS) is 17.2. The van der Waals surface area contributed by atoms with Gasteiger partial charge >= 0.3 is 0 Å². The monoisotopic (exact) mass is 427 g/mol. The summed E-state index contributed by atoms with van der Waals surface area (Å²) in [5, 5.41) is 4.20. The zero-order valence-corrected chi connectivity index (χ0v) is 17.6. The van der Waals surface area contributed by atoms with Gasteiger partial charge in [-0.25, -0.2) is 9.07 Å². The Bertz CT molecular complexity index is 1040. The van der Waals surface area contributed by atoms with E-state index in [-0.39, 0.29) is 17.3 Å². The number of hydrogen-bond donors (Lipinski definition) is 0. The molecule has 0 radical (unpaired) electrons.